The molecule has 2 atom stereocenters. The number of benzene rings is 1. The first kappa shape index (κ1) is 9.97. The van der Waals surface area contributed by atoms with E-state index in [0.29, 0.717) is 6.10 Å². The minimum Gasteiger partial charge on any atom is -0.399 e. The maximum Gasteiger partial charge on any atom is 0.0661 e. The van der Waals surface area contributed by atoms with Gasteiger partial charge < -0.3 is 15.4 Å². The van der Waals surface area contributed by atoms with E-state index >= 15 is 0 Å². The summed E-state index contributed by atoms with van der Waals surface area (Å²) in [4.78, 5) is 2.45. The number of hydrogen-bond acceptors (Lipinski definition) is 3. The molecule has 0 spiro atoms. The van der Waals surface area contributed by atoms with Gasteiger partial charge in [-0.15, -0.1) is 0 Å². The molecule has 3 aliphatic rings. The summed E-state index contributed by atoms with van der Waals surface area (Å²) in [6, 6.07) is 8.18. The lowest BCUT2D eigenvalue weighted by Gasteiger charge is -2.53. The fourth-order valence-corrected chi connectivity index (χ4v) is 3.12. The van der Waals surface area contributed by atoms with Gasteiger partial charge in [0.25, 0.3) is 0 Å². The summed E-state index contributed by atoms with van der Waals surface area (Å²) in [6.07, 6.45) is 1.84. The Morgan fingerprint density at radius 2 is 1.81 bits per heavy atom. The Kier molecular flexibility index (Phi) is 2.28. The van der Waals surface area contributed by atoms with Crippen LogP contribution in [0.25, 0.3) is 0 Å². The fourth-order valence-electron chi connectivity index (χ4n) is 3.12. The smallest absolute Gasteiger partial charge is 0.0661 e. The van der Waals surface area contributed by atoms with E-state index in [4.69, 9.17) is 10.5 Å². The standard InChI is InChI=1S/C13H18N2O/c1-16-13-9-6-10(13)8-15(7-9)12-4-2-11(14)3-5-12/h2-5,9-10,13H,6-8,14H2,1H3. The van der Waals surface area contributed by atoms with E-state index in [1.165, 1.54) is 12.1 Å². The Balaban J connectivity index is 1.73. The summed E-state index contributed by atoms with van der Waals surface area (Å²) in [5, 5.41) is 0. The monoisotopic (exact) mass is 218 g/mol. The van der Waals surface area contributed by atoms with Crippen molar-refractivity contribution in [2.45, 2.75) is 12.5 Å². The molecule has 0 amide bonds. The Morgan fingerprint density at radius 1 is 1.19 bits per heavy atom. The van der Waals surface area contributed by atoms with E-state index in [0.717, 1.165) is 30.6 Å². The highest BCUT2D eigenvalue weighted by atomic mass is 16.5. The van der Waals surface area contributed by atoms with Gasteiger partial charge in [-0.1, -0.05) is 0 Å². The first-order valence-electron chi connectivity index (χ1n) is 5.91. The van der Waals surface area contributed by atoms with E-state index in [1.54, 1.807) is 0 Å². The third kappa shape index (κ3) is 1.47. The Labute approximate surface area is 96.2 Å². The molecule has 0 aromatic heterocycles. The molecule has 16 heavy (non-hydrogen) atoms. The van der Waals surface area contributed by atoms with Crippen LogP contribution in [0.2, 0.25) is 0 Å². The van der Waals surface area contributed by atoms with Crippen molar-refractivity contribution in [1.29, 1.82) is 0 Å². The third-order valence-electron chi connectivity index (χ3n) is 3.97. The predicted molar refractivity (Wildman–Crippen MR) is 65.5 cm³/mol. The van der Waals surface area contributed by atoms with E-state index in [2.05, 4.69) is 17.0 Å². The molecule has 3 heteroatoms. The van der Waals surface area contributed by atoms with Crippen LogP contribution >= 0.6 is 0 Å². The molecule has 86 valence electrons. The number of piperidine rings is 2. The number of ether oxygens (including phenoxy) is 1. The van der Waals surface area contributed by atoms with Crippen LogP contribution < -0.4 is 10.6 Å². The third-order valence-corrected chi connectivity index (χ3v) is 3.97. The highest BCUT2D eigenvalue weighted by molar-refractivity contribution is 5.53. The summed E-state index contributed by atoms with van der Waals surface area (Å²) in [6.45, 7) is 2.25. The molecule has 2 saturated heterocycles. The molecule has 1 aliphatic carbocycles. The Bertz CT molecular complexity index is 364. The van der Waals surface area contributed by atoms with Crippen LogP contribution in [0.5, 0.6) is 0 Å². The number of nitrogens with two attached hydrogens (primary N) is 1. The normalized spacial score (nSPS) is 32.3. The van der Waals surface area contributed by atoms with Crippen molar-refractivity contribution in [1.82, 2.24) is 0 Å². The second-order valence-electron chi connectivity index (χ2n) is 4.95. The molecule has 0 radical (unpaired) electrons. The topological polar surface area (TPSA) is 38.5 Å². The summed E-state index contributed by atoms with van der Waals surface area (Å²) in [7, 11) is 1.84. The van der Waals surface area contributed by atoms with E-state index in [9.17, 15) is 0 Å². The van der Waals surface area contributed by atoms with E-state index in [-0.39, 0.29) is 0 Å². The molecular weight excluding hydrogens is 200 g/mol. The van der Waals surface area contributed by atoms with Crippen molar-refractivity contribution >= 4 is 11.4 Å². The van der Waals surface area contributed by atoms with Gasteiger partial charge in [0, 0.05) is 43.4 Å². The average Bonchev–Trinajstić information content (AvgIpc) is 2.30. The number of rotatable bonds is 2. The van der Waals surface area contributed by atoms with E-state index in [1.807, 2.05) is 19.2 Å². The molecular formula is C13H18N2O. The van der Waals surface area contributed by atoms with Crippen LogP contribution in [0.3, 0.4) is 0 Å². The maximum atomic E-state index is 5.70. The molecule has 1 aromatic rings. The van der Waals surface area contributed by atoms with Crippen LogP contribution in [-0.2, 0) is 4.74 Å². The van der Waals surface area contributed by atoms with Crippen molar-refractivity contribution in [2.75, 3.05) is 30.8 Å². The fraction of sp³-hybridized carbons (Fsp3) is 0.538. The minimum absolute atomic E-state index is 0.505. The second kappa shape index (κ2) is 3.67. The molecule has 2 aliphatic heterocycles. The van der Waals surface area contributed by atoms with Crippen LogP contribution in [0.4, 0.5) is 11.4 Å². The summed E-state index contributed by atoms with van der Waals surface area (Å²) in [5.74, 6) is 1.45. The zero-order valence-electron chi connectivity index (χ0n) is 9.60. The molecule has 1 saturated carbocycles. The minimum atomic E-state index is 0.505. The largest absolute Gasteiger partial charge is 0.399 e. The van der Waals surface area contributed by atoms with Gasteiger partial charge in [-0.05, 0) is 30.7 Å². The van der Waals surface area contributed by atoms with Crippen LogP contribution in [-0.4, -0.2) is 26.3 Å². The van der Waals surface area contributed by atoms with Gasteiger partial charge in [-0.3, -0.25) is 0 Å². The number of methoxy groups -OCH3 is 1. The summed E-state index contributed by atoms with van der Waals surface area (Å²) in [5.41, 5.74) is 7.82. The van der Waals surface area contributed by atoms with E-state index < -0.39 is 0 Å². The molecule has 1 aromatic carbocycles. The van der Waals surface area contributed by atoms with Crippen molar-refractivity contribution in [3.05, 3.63) is 24.3 Å². The highest BCUT2D eigenvalue weighted by Gasteiger charge is 2.46. The van der Waals surface area contributed by atoms with Gasteiger partial charge in [0.15, 0.2) is 0 Å². The number of hydrogen-bond donors (Lipinski definition) is 1. The van der Waals surface area contributed by atoms with Crippen LogP contribution in [0.1, 0.15) is 6.42 Å². The van der Waals surface area contributed by atoms with Gasteiger partial charge >= 0.3 is 0 Å². The van der Waals surface area contributed by atoms with Crippen molar-refractivity contribution < 1.29 is 4.74 Å². The predicted octanol–water partition coefficient (Wildman–Crippen LogP) is 1.74. The number of nitrogens with zero attached hydrogens (tertiary/aromatic N) is 1. The number of fused-ring (bicyclic) bond motifs is 2. The maximum absolute atomic E-state index is 5.70. The second-order valence-corrected chi connectivity index (χ2v) is 4.95. The molecule has 3 fully saturated rings. The zero-order valence-corrected chi connectivity index (χ0v) is 9.60. The SMILES string of the molecule is COC1C2CC1CN(c1ccc(N)cc1)C2. The van der Waals surface area contributed by atoms with Crippen molar-refractivity contribution in [3.8, 4) is 0 Å². The van der Waals surface area contributed by atoms with Crippen molar-refractivity contribution in [2.24, 2.45) is 11.8 Å². The van der Waals surface area contributed by atoms with Gasteiger partial charge in [0.05, 0.1) is 6.10 Å². The molecule has 2 heterocycles. The van der Waals surface area contributed by atoms with Crippen LogP contribution in [0.15, 0.2) is 24.3 Å². The van der Waals surface area contributed by atoms with Gasteiger partial charge in [-0.25, -0.2) is 0 Å². The summed E-state index contributed by atoms with van der Waals surface area (Å²) < 4.78 is 5.51. The highest BCUT2D eigenvalue weighted by Crippen LogP contribution is 2.43. The van der Waals surface area contributed by atoms with Crippen molar-refractivity contribution in [3.63, 3.8) is 0 Å². The Morgan fingerprint density at radius 3 is 2.38 bits per heavy atom. The number of nitrogen functional groups attached to an aromatic ring is 1. The Hall–Kier alpha value is -1.22. The average molecular weight is 218 g/mol. The summed E-state index contributed by atoms with van der Waals surface area (Å²) >= 11 is 0. The molecule has 2 unspecified atom stereocenters. The van der Waals surface area contributed by atoms with Gasteiger partial charge in [-0.2, -0.15) is 0 Å². The van der Waals surface area contributed by atoms with Gasteiger partial charge in [0.1, 0.15) is 0 Å². The molecule has 2 bridgehead atoms. The van der Waals surface area contributed by atoms with Gasteiger partial charge in [0.2, 0.25) is 0 Å². The molecule has 2 N–H and O–H groups in total. The molecule has 3 nitrogen and oxygen atoms in total. The zero-order chi connectivity index (χ0) is 11.1. The first-order valence-corrected chi connectivity index (χ1v) is 5.91. The van der Waals surface area contributed by atoms with Crippen LogP contribution in [0, 0.1) is 11.8 Å². The number of anilines is 2. The lowest BCUT2D eigenvalue weighted by molar-refractivity contribution is -0.0814. The first-order chi connectivity index (χ1) is 7.78. The quantitative estimate of drug-likeness (QED) is 0.768. The lowest BCUT2D eigenvalue weighted by atomic mass is 9.68. The lowest BCUT2D eigenvalue weighted by Crippen LogP contribution is -2.59. The molecule has 4 rings (SSSR count).